The molecule has 1 aliphatic heterocycles. The Morgan fingerprint density at radius 2 is 1.93 bits per heavy atom. The molecule has 0 aromatic heterocycles. The minimum Gasteiger partial charge on any atom is -0.370 e. The Kier molecular flexibility index (Phi) is 9.80. The van der Waals surface area contributed by atoms with E-state index < -0.39 is 5.91 Å². The minimum atomic E-state index is -0.420. The van der Waals surface area contributed by atoms with Crippen molar-refractivity contribution >= 4 is 17.7 Å². The maximum Gasteiger partial charge on any atom is 0.237 e. The first-order valence-electron chi connectivity index (χ1n) is 11.0. The van der Waals surface area contributed by atoms with Crippen LogP contribution in [0.5, 0.6) is 0 Å². The summed E-state index contributed by atoms with van der Waals surface area (Å²) >= 11 is 0. The molecule has 1 fully saturated rings. The van der Waals surface area contributed by atoms with Gasteiger partial charge < -0.3 is 16.0 Å². The molecule has 7 heteroatoms. The molecule has 166 valence electrons. The largest absolute Gasteiger partial charge is 0.370 e. The van der Waals surface area contributed by atoms with E-state index in [-0.39, 0.29) is 36.7 Å². The van der Waals surface area contributed by atoms with Crippen LogP contribution in [0.15, 0.2) is 30.3 Å². The second kappa shape index (κ2) is 12.3. The molecule has 0 saturated carbocycles. The van der Waals surface area contributed by atoms with Crippen LogP contribution in [0.4, 0.5) is 0 Å². The first kappa shape index (κ1) is 23.9. The molecule has 0 radical (unpaired) electrons. The molecule has 0 bridgehead atoms. The molecule has 2 atom stereocenters. The molecule has 0 spiro atoms. The summed E-state index contributed by atoms with van der Waals surface area (Å²) in [6, 6.07) is 9.96. The minimum absolute atomic E-state index is 0.0426. The highest BCUT2D eigenvalue weighted by atomic mass is 16.2. The number of primary amides is 1. The standard InChI is InChI=1S/C23H36N4O3/c1-3-4-13-25-23(30)20-11-10-18(2)27(16-20)17-22(29)26(14-12-21(24)28)15-19-8-6-5-7-9-19/h5-9,18,20H,3-4,10-17H2,1-2H3,(H2,24,28)(H,25,30). The van der Waals surface area contributed by atoms with Gasteiger partial charge in [0.1, 0.15) is 0 Å². The molecular weight excluding hydrogens is 380 g/mol. The second-order valence-corrected chi connectivity index (χ2v) is 8.21. The van der Waals surface area contributed by atoms with Crippen LogP contribution in [0.1, 0.15) is 51.5 Å². The Hall–Kier alpha value is -2.41. The van der Waals surface area contributed by atoms with Gasteiger partial charge in [-0.1, -0.05) is 43.7 Å². The predicted molar refractivity (Wildman–Crippen MR) is 117 cm³/mol. The number of carbonyl (C=O) groups excluding carboxylic acids is 3. The van der Waals surface area contributed by atoms with Crippen molar-refractivity contribution in [3.05, 3.63) is 35.9 Å². The molecule has 30 heavy (non-hydrogen) atoms. The highest BCUT2D eigenvalue weighted by molar-refractivity contribution is 5.81. The SMILES string of the molecule is CCCCNC(=O)C1CCC(C)N(CC(=O)N(CCC(N)=O)Cc2ccccc2)C1. The number of nitrogens with two attached hydrogens (primary N) is 1. The smallest absolute Gasteiger partial charge is 0.237 e. The number of unbranched alkanes of at least 4 members (excludes halogenated alkanes) is 1. The topological polar surface area (TPSA) is 95.7 Å². The molecule has 2 rings (SSSR count). The Labute approximate surface area is 180 Å². The Morgan fingerprint density at radius 3 is 2.60 bits per heavy atom. The number of nitrogens with one attached hydrogen (secondary N) is 1. The third-order valence-electron chi connectivity index (χ3n) is 5.75. The third-order valence-corrected chi connectivity index (χ3v) is 5.75. The van der Waals surface area contributed by atoms with Crippen LogP contribution in [0.3, 0.4) is 0 Å². The number of amides is 3. The number of likely N-dealkylation sites (tertiary alicyclic amines) is 1. The van der Waals surface area contributed by atoms with Crippen molar-refractivity contribution in [1.29, 1.82) is 0 Å². The summed E-state index contributed by atoms with van der Waals surface area (Å²) in [6.07, 6.45) is 3.89. The molecule has 1 aromatic carbocycles. The quantitative estimate of drug-likeness (QED) is 0.539. The lowest BCUT2D eigenvalue weighted by atomic mass is 9.92. The van der Waals surface area contributed by atoms with Crippen LogP contribution in [-0.2, 0) is 20.9 Å². The van der Waals surface area contributed by atoms with Crippen molar-refractivity contribution in [1.82, 2.24) is 15.1 Å². The molecule has 1 aromatic rings. The number of piperidine rings is 1. The molecule has 2 unspecified atom stereocenters. The maximum atomic E-state index is 13.1. The monoisotopic (exact) mass is 416 g/mol. The number of carbonyl (C=O) groups is 3. The van der Waals surface area contributed by atoms with E-state index in [1.54, 1.807) is 4.90 Å². The van der Waals surface area contributed by atoms with E-state index in [4.69, 9.17) is 5.73 Å². The average molecular weight is 417 g/mol. The van der Waals surface area contributed by atoms with Gasteiger partial charge in [0.15, 0.2) is 0 Å². The van der Waals surface area contributed by atoms with Gasteiger partial charge in [0.25, 0.3) is 0 Å². The van der Waals surface area contributed by atoms with Crippen molar-refractivity contribution in [2.75, 3.05) is 26.2 Å². The van der Waals surface area contributed by atoms with E-state index in [1.807, 2.05) is 30.3 Å². The van der Waals surface area contributed by atoms with Gasteiger partial charge in [0, 0.05) is 38.6 Å². The van der Waals surface area contributed by atoms with Gasteiger partial charge in [-0.05, 0) is 31.7 Å². The van der Waals surface area contributed by atoms with E-state index in [9.17, 15) is 14.4 Å². The number of benzene rings is 1. The van der Waals surface area contributed by atoms with Crippen molar-refractivity contribution in [2.24, 2.45) is 11.7 Å². The van der Waals surface area contributed by atoms with Crippen LogP contribution >= 0.6 is 0 Å². The third kappa shape index (κ3) is 7.78. The predicted octanol–water partition coefficient (Wildman–Crippen LogP) is 1.91. The zero-order valence-corrected chi connectivity index (χ0v) is 18.3. The fourth-order valence-corrected chi connectivity index (χ4v) is 3.76. The number of nitrogens with zero attached hydrogens (tertiary/aromatic N) is 2. The summed E-state index contributed by atoms with van der Waals surface area (Å²) in [5.74, 6) is -0.461. The van der Waals surface area contributed by atoms with Gasteiger partial charge in [0.2, 0.25) is 17.7 Å². The summed E-state index contributed by atoms with van der Waals surface area (Å²) in [5, 5.41) is 3.02. The van der Waals surface area contributed by atoms with Gasteiger partial charge in [-0.25, -0.2) is 0 Å². The van der Waals surface area contributed by atoms with Crippen LogP contribution in [0.25, 0.3) is 0 Å². The van der Waals surface area contributed by atoms with Gasteiger partial charge >= 0.3 is 0 Å². The number of hydrogen-bond donors (Lipinski definition) is 2. The summed E-state index contributed by atoms with van der Waals surface area (Å²) in [7, 11) is 0. The van der Waals surface area contributed by atoms with Crippen LogP contribution < -0.4 is 11.1 Å². The van der Waals surface area contributed by atoms with E-state index in [1.165, 1.54) is 0 Å². The molecular formula is C23H36N4O3. The van der Waals surface area contributed by atoms with Crippen molar-refractivity contribution in [2.45, 2.75) is 58.5 Å². The Bertz CT molecular complexity index is 695. The highest BCUT2D eigenvalue weighted by Gasteiger charge is 2.31. The fourth-order valence-electron chi connectivity index (χ4n) is 3.76. The van der Waals surface area contributed by atoms with E-state index in [2.05, 4.69) is 24.1 Å². The van der Waals surface area contributed by atoms with Gasteiger partial charge in [-0.15, -0.1) is 0 Å². The molecule has 7 nitrogen and oxygen atoms in total. The average Bonchev–Trinajstić information content (AvgIpc) is 2.73. The van der Waals surface area contributed by atoms with E-state index in [0.29, 0.717) is 26.2 Å². The lowest BCUT2D eigenvalue weighted by Crippen LogP contribution is -2.51. The maximum absolute atomic E-state index is 13.1. The normalized spacial score (nSPS) is 19.3. The van der Waals surface area contributed by atoms with Gasteiger partial charge in [-0.3, -0.25) is 19.3 Å². The Morgan fingerprint density at radius 1 is 1.20 bits per heavy atom. The lowest BCUT2D eigenvalue weighted by molar-refractivity contribution is -0.136. The van der Waals surface area contributed by atoms with Gasteiger partial charge in [-0.2, -0.15) is 0 Å². The zero-order chi connectivity index (χ0) is 21.9. The first-order chi connectivity index (χ1) is 14.4. The summed E-state index contributed by atoms with van der Waals surface area (Å²) < 4.78 is 0. The summed E-state index contributed by atoms with van der Waals surface area (Å²) in [6.45, 7) is 6.47. The molecule has 1 heterocycles. The van der Waals surface area contributed by atoms with E-state index in [0.717, 1.165) is 31.2 Å². The van der Waals surface area contributed by atoms with Gasteiger partial charge in [0.05, 0.1) is 12.5 Å². The fraction of sp³-hybridized carbons (Fsp3) is 0.609. The molecule has 1 saturated heterocycles. The summed E-state index contributed by atoms with van der Waals surface area (Å²) in [5.41, 5.74) is 6.32. The highest BCUT2D eigenvalue weighted by Crippen LogP contribution is 2.22. The van der Waals surface area contributed by atoms with E-state index >= 15 is 0 Å². The molecule has 0 aliphatic carbocycles. The Balaban J connectivity index is 1.98. The first-order valence-corrected chi connectivity index (χ1v) is 11.0. The second-order valence-electron chi connectivity index (χ2n) is 8.21. The van der Waals surface area contributed by atoms with Crippen LogP contribution in [0, 0.1) is 5.92 Å². The molecule has 3 N–H and O–H groups in total. The van der Waals surface area contributed by atoms with Crippen LogP contribution in [-0.4, -0.2) is 59.7 Å². The van der Waals surface area contributed by atoms with Crippen molar-refractivity contribution in [3.63, 3.8) is 0 Å². The molecule has 1 aliphatic rings. The summed E-state index contributed by atoms with van der Waals surface area (Å²) in [4.78, 5) is 40.6. The van der Waals surface area contributed by atoms with Crippen molar-refractivity contribution in [3.8, 4) is 0 Å². The number of rotatable bonds is 11. The van der Waals surface area contributed by atoms with Crippen molar-refractivity contribution < 1.29 is 14.4 Å². The number of hydrogen-bond acceptors (Lipinski definition) is 4. The lowest BCUT2D eigenvalue weighted by Gasteiger charge is -2.38. The molecule has 3 amide bonds. The van der Waals surface area contributed by atoms with Crippen LogP contribution in [0.2, 0.25) is 0 Å². The zero-order valence-electron chi connectivity index (χ0n) is 18.3.